The van der Waals surface area contributed by atoms with Crippen LogP contribution in [0.15, 0.2) is 23.4 Å². The molecule has 0 unspecified atom stereocenters. The standard InChI is InChI=1S/C18H28N2O4S/c1-8-25-14-13(10-9-11-19-14)12-20(15(21)23-17(2,3)4)16(22)24-18(5,6)7/h9-11H,8,12H2,1-7H3. The molecular weight excluding hydrogens is 340 g/mol. The molecule has 0 bridgehead atoms. The number of amides is 2. The second kappa shape index (κ2) is 8.56. The van der Waals surface area contributed by atoms with Gasteiger partial charge < -0.3 is 9.47 Å². The average molecular weight is 368 g/mol. The Kier molecular flexibility index (Phi) is 7.29. The molecule has 0 spiro atoms. The van der Waals surface area contributed by atoms with E-state index in [1.807, 2.05) is 13.0 Å². The summed E-state index contributed by atoms with van der Waals surface area (Å²) in [7, 11) is 0. The Hall–Kier alpha value is -1.76. The summed E-state index contributed by atoms with van der Waals surface area (Å²) in [5, 5.41) is 0.780. The van der Waals surface area contributed by atoms with Gasteiger partial charge >= 0.3 is 12.2 Å². The number of imide groups is 1. The van der Waals surface area contributed by atoms with Gasteiger partial charge in [0.2, 0.25) is 0 Å². The predicted octanol–water partition coefficient (Wildman–Crippen LogP) is 4.87. The Morgan fingerprint density at radius 3 is 2.04 bits per heavy atom. The molecule has 0 aliphatic heterocycles. The van der Waals surface area contributed by atoms with Crippen molar-refractivity contribution in [2.75, 3.05) is 5.75 Å². The molecule has 0 aromatic carbocycles. The number of carbonyl (C=O) groups excluding carboxylic acids is 2. The van der Waals surface area contributed by atoms with Crippen molar-refractivity contribution in [3.8, 4) is 0 Å². The first-order valence-electron chi connectivity index (χ1n) is 8.23. The molecule has 1 aromatic heterocycles. The molecule has 0 atom stereocenters. The smallest absolute Gasteiger partial charge is 0.420 e. The number of nitrogens with zero attached hydrogens (tertiary/aromatic N) is 2. The number of hydrogen-bond donors (Lipinski definition) is 0. The first-order valence-corrected chi connectivity index (χ1v) is 9.21. The van der Waals surface area contributed by atoms with E-state index in [-0.39, 0.29) is 6.54 Å². The zero-order chi connectivity index (χ0) is 19.3. The lowest BCUT2D eigenvalue weighted by Gasteiger charge is -2.28. The highest BCUT2D eigenvalue weighted by Gasteiger charge is 2.31. The van der Waals surface area contributed by atoms with E-state index in [0.29, 0.717) is 0 Å². The molecule has 1 rings (SSSR count). The molecular formula is C18H28N2O4S. The van der Waals surface area contributed by atoms with Crippen LogP contribution < -0.4 is 0 Å². The van der Waals surface area contributed by atoms with E-state index in [1.165, 1.54) is 0 Å². The first-order chi connectivity index (χ1) is 11.4. The number of ether oxygens (including phenoxy) is 2. The van der Waals surface area contributed by atoms with Crippen LogP contribution in [0.25, 0.3) is 0 Å². The molecule has 0 saturated carbocycles. The van der Waals surface area contributed by atoms with E-state index >= 15 is 0 Å². The Balaban J connectivity index is 3.10. The van der Waals surface area contributed by atoms with Crippen LogP contribution in [0.4, 0.5) is 9.59 Å². The van der Waals surface area contributed by atoms with Crippen LogP contribution in [0, 0.1) is 0 Å². The van der Waals surface area contributed by atoms with Crippen LogP contribution >= 0.6 is 11.8 Å². The van der Waals surface area contributed by atoms with Crippen LogP contribution in [-0.2, 0) is 16.0 Å². The minimum Gasteiger partial charge on any atom is -0.443 e. The highest BCUT2D eigenvalue weighted by atomic mass is 32.2. The Morgan fingerprint density at radius 2 is 1.60 bits per heavy atom. The molecule has 0 saturated heterocycles. The molecule has 0 aliphatic carbocycles. The van der Waals surface area contributed by atoms with E-state index in [0.717, 1.165) is 21.2 Å². The minimum atomic E-state index is -0.738. The van der Waals surface area contributed by atoms with Gasteiger partial charge in [-0.1, -0.05) is 13.0 Å². The zero-order valence-corrected chi connectivity index (χ0v) is 16.9. The Labute approximate surface area is 154 Å². The van der Waals surface area contributed by atoms with Crippen LogP contribution in [0.3, 0.4) is 0 Å². The van der Waals surface area contributed by atoms with Gasteiger partial charge in [0.05, 0.1) is 6.54 Å². The topological polar surface area (TPSA) is 68.7 Å². The molecule has 0 N–H and O–H groups in total. The third-order valence-electron chi connectivity index (χ3n) is 2.69. The lowest BCUT2D eigenvalue weighted by Crippen LogP contribution is -2.43. The van der Waals surface area contributed by atoms with Gasteiger partial charge in [0.15, 0.2) is 0 Å². The number of rotatable bonds is 4. The number of hydrogen-bond acceptors (Lipinski definition) is 6. The molecule has 0 radical (unpaired) electrons. The second-order valence-electron chi connectivity index (χ2n) is 7.45. The third kappa shape index (κ3) is 7.77. The van der Waals surface area contributed by atoms with Gasteiger partial charge in [0, 0.05) is 11.8 Å². The van der Waals surface area contributed by atoms with Gasteiger partial charge in [0.1, 0.15) is 16.2 Å². The summed E-state index contributed by atoms with van der Waals surface area (Å²) < 4.78 is 10.7. The fourth-order valence-corrected chi connectivity index (χ4v) is 2.55. The monoisotopic (exact) mass is 368 g/mol. The highest BCUT2D eigenvalue weighted by Crippen LogP contribution is 2.23. The molecule has 1 aromatic rings. The van der Waals surface area contributed by atoms with Crippen molar-refractivity contribution >= 4 is 23.9 Å². The van der Waals surface area contributed by atoms with Crippen molar-refractivity contribution in [3.63, 3.8) is 0 Å². The summed E-state index contributed by atoms with van der Waals surface area (Å²) in [6.45, 7) is 12.6. The van der Waals surface area contributed by atoms with Crippen LogP contribution in [-0.4, -0.2) is 39.0 Å². The van der Waals surface area contributed by atoms with Crippen molar-refractivity contribution in [1.82, 2.24) is 9.88 Å². The van der Waals surface area contributed by atoms with Gasteiger partial charge in [0.25, 0.3) is 0 Å². The third-order valence-corrected chi connectivity index (χ3v) is 3.62. The quantitative estimate of drug-likeness (QED) is 0.707. The summed E-state index contributed by atoms with van der Waals surface area (Å²) in [6, 6.07) is 3.62. The average Bonchev–Trinajstić information content (AvgIpc) is 2.42. The van der Waals surface area contributed by atoms with Crippen LogP contribution in [0.1, 0.15) is 54.0 Å². The highest BCUT2D eigenvalue weighted by molar-refractivity contribution is 7.99. The van der Waals surface area contributed by atoms with Gasteiger partial charge in [-0.05, 0) is 53.4 Å². The maximum atomic E-state index is 12.5. The lowest BCUT2D eigenvalue weighted by atomic mass is 10.2. The van der Waals surface area contributed by atoms with Crippen LogP contribution in [0.2, 0.25) is 0 Å². The van der Waals surface area contributed by atoms with Crippen molar-refractivity contribution in [2.45, 2.75) is 71.2 Å². The summed E-state index contributed by atoms with van der Waals surface area (Å²) >= 11 is 1.55. The number of aromatic nitrogens is 1. The van der Waals surface area contributed by atoms with E-state index in [4.69, 9.17) is 9.47 Å². The number of carbonyl (C=O) groups is 2. The predicted molar refractivity (Wildman–Crippen MR) is 98.6 cm³/mol. The minimum absolute atomic E-state index is 0.0417. The fraction of sp³-hybridized carbons (Fsp3) is 0.611. The number of thioether (sulfide) groups is 1. The molecule has 7 heteroatoms. The van der Waals surface area contributed by atoms with E-state index < -0.39 is 23.4 Å². The summed E-state index contributed by atoms with van der Waals surface area (Å²) in [4.78, 5) is 30.4. The molecule has 2 amide bonds. The molecule has 0 aliphatic rings. The first kappa shape index (κ1) is 21.3. The van der Waals surface area contributed by atoms with Gasteiger partial charge in [-0.2, -0.15) is 0 Å². The van der Waals surface area contributed by atoms with Gasteiger partial charge in [-0.3, -0.25) is 0 Å². The Bertz CT molecular complexity index is 578. The van der Waals surface area contributed by atoms with E-state index in [2.05, 4.69) is 4.98 Å². The van der Waals surface area contributed by atoms with E-state index in [9.17, 15) is 9.59 Å². The zero-order valence-electron chi connectivity index (χ0n) is 16.1. The van der Waals surface area contributed by atoms with E-state index in [1.54, 1.807) is 65.6 Å². The fourth-order valence-electron chi connectivity index (χ4n) is 1.82. The van der Waals surface area contributed by atoms with Crippen molar-refractivity contribution < 1.29 is 19.1 Å². The normalized spacial score (nSPS) is 11.8. The molecule has 25 heavy (non-hydrogen) atoms. The maximum Gasteiger partial charge on any atom is 0.420 e. The summed E-state index contributed by atoms with van der Waals surface area (Å²) in [5.41, 5.74) is -0.660. The van der Waals surface area contributed by atoms with Crippen molar-refractivity contribution in [2.24, 2.45) is 0 Å². The second-order valence-corrected chi connectivity index (χ2v) is 8.70. The Morgan fingerprint density at radius 1 is 1.08 bits per heavy atom. The van der Waals surface area contributed by atoms with Gasteiger partial charge in [-0.25, -0.2) is 19.5 Å². The van der Waals surface area contributed by atoms with Crippen molar-refractivity contribution in [3.05, 3.63) is 23.9 Å². The van der Waals surface area contributed by atoms with Gasteiger partial charge in [-0.15, -0.1) is 11.8 Å². The van der Waals surface area contributed by atoms with Crippen molar-refractivity contribution in [1.29, 1.82) is 0 Å². The van der Waals surface area contributed by atoms with Crippen LogP contribution in [0.5, 0.6) is 0 Å². The molecule has 6 nitrogen and oxygen atoms in total. The molecule has 0 fully saturated rings. The molecule has 140 valence electrons. The summed E-state index contributed by atoms with van der Waals surface area (Å²) in [6.07, 6.45) is 0.211. The number of pyridine rings is 1. The maximum absolute atomic E-state index is 12.5. The largest absolute Gasteiger partial charge is 0.443 e. The SMILES string of the molecule is CCSc1ncccc1CN(C(=O)OC(C)(C)C)C(=O)OC(C)(C)C. The summed E-state index contributed by atoms with van der Waals surface area (Å²) in [5.74, 6) is 0.836. The lowest BCUT2D eigenvalue weighted by molar-refractivity contribution is -0.000405. The molecule has 1 heterocycles.